The van der Waals surface area contributed by atoms with E-state index >= 15 is 0 Å². The van der Waals surface area contributed by atoms with Crippen molar-refractivity contribution in [3.05, 3.63) is 0 Å². The van der Waals surface area contributed by atoms with Crippen LogP contribution in [-0.2, 0) is 0 Å². The van der Waals surface area contributed by atoms with Gasteiger partial charge >= 0.3 is 7.25 Å². The van der Waals surface area contributed by atoms with Crippen molar-refractivity contribution in [2.75, 3.05) is 0 Å². The molecule has 0 unspecified atom stereocenters. The molecule has 0 bridgehead atoms. The average molecular weight is 158 g/mol. The van der Waals surface area contributed by atoms with E-state index in [2.05, 4.69) is 0 Å². The summed E-state index contributed by atoms with van der Waals surface area (Å²) in [6, 6.07) is 0. The summed E-state index contributed by atoms with van der Waals surface area (Å²) in [6.45, 7) is 0. The molecule has 9 heteroatoms. The Morgan fingerprint density at radius 3 is 0.667 bits per heavy atom. The van der Waals surface area contributed by atoms with Crippen molar-refractivity contribution in [1.29, 1.82) is 0 Å². The van der Waals surface area contributed by atoms with Gasteiger partial charge in [-0.25, -0.2) is 0 Å². The summed E-state index contributed by atoms with van der Waals surface area (Å²) in [7, 11) is -6.00. The molecule has 0 atom stereocenters. The van der Waals surface area contributed by atoms with Gasteiger partial charge in [0.25, 0.3) is 0 Å². The lowest BCUT2D eigenvalue weighted by molar-refractivity contribution is 0.368. The first-order valence-electron chi connectivity index (χ1n) is 0.873. The van der Waals surface area contributed by atoms with Gasteiger partial charge in [-0.15, -0.1) is 0 Å². The van der Waals surface area contributed by atoms with E-state index in [1.165, 1.54) is 0 Å². The average Bonchev–Trinajstić information content (AvgIpc) is 0.722. The normalized spacial score (nSPS) is 6.67. The van der Waals surface area contributed by atoms with Gasteiger partial charge in [-0.1, -0.05) is 0 Å². The van der Waals surface area contributed by atoms with E-state index in [-0.39, 0.29) is 22.5 Å². The van der Waals surface area contributed by atoms with E-state index in [0.717, 1.165) is 0 Å². The molecule has 0 saturated heterocycles. The second-order valence-corrected chi connectivity index (χ2v) is 0.495. The molecule has 59 valence electrons. The Morgan fingerprint density at radius 1 is 0.667 bits per heavy atom. The van der Waals surface area contributed by atoms with Crippen molar-refractivity contribution in [1.82, 2.24) is 0 Å². The third-order valence-corrected chi connectivity index (χ3v) is 0. The van der Waals surface area contributed by atoms with Crippen LogP contribution in [0.4, 0.5) is 31.4 Å². The van der Waals surface area contributed by atoms with Gasteiger partial charge < -0.3 is 17.3 Å². The smallest absolute Gasteiger partial charge is 0.418 e. The van der Waals surface area contributed by atoms with Crippen LogP contribution in [0.2, 0.25) is 0 Å². The zero-order valence-electron chi connectivity index (χ0n) is 3.89. The van der Waals surface area contributed by atoms with E-state index in [4.69, 9.17) is 0 Å². The maximum Gasteiger partial charge on any atom is 0.673 e. The first-order valence-corrected chi connectivity index (χ1v) is 0.873. The molecule has 0 aromatic heterocycles. The molecule has 9 heavy (non-hydrogen) atoms. The Bertz CT molecular complexity index is 22.4. The molecule has 0 N–H and O–H groups in total. The SMILES string of the molecule is F.F.F.F[B-](F)(F)F.[B]. The summed E-state index contributed by atoms with van der Waals surface area (Å²) in [5, 5.41) is 0. The summed E-state index contributed by atoms with van der Waals surface area (Å²) >= 11 is 0. The molecule has 0 fully saturated rings. The monoisotopic (exact) mass is 158 g/mol. The van der Waals surface area contributed by atoms with Crippen LogP contribution in [0.25, 0.3) is 0 Å². The molecule has 0 aliphatic rings. The largest absolute Gasteiger partial charge is 0.673 e. The molecule has 0 amide bonds. The highest BCUT2D eigenvalue weighted by Crippen LogP contribution is 2.06. The first kappa shape index (κ1) is 38.1. The summed E-state index contributed by atoms with van der Waals surface area (Å²) in [4.78, 5) is 0. The van der Waals surface area contributed by atoms with Crippen molar-refractivity contribution >= 4 is 15.7 Å². The van der Waals surface area contributed by atoms with E-state index in [0.29, 0.717) is 0 Å². The Hall–Kier alpha value is -0.360. The zero-order valence-corrected chi connectivity index (χ0v) is 3.89. The fourth-order valence-corrected chi connectivity index (χ4v) is 0. The lowest BCUT2D eigenvalue weighted by Gasteiger charge is -1.94. The molecule has 0 rings (SSSR count). The summed E-state index contributed by atoms with van der Waals surface area (Å²) in [5.74, 6) is 0. The Balaban J connectivity index is -0.0000000133. The van der Waals surface area contributed by atoms with Crippen molar-refractivity contribution in [2.24, 2.45) is 0 Å². The highest BCUT2D eigenvalue weighted by molar-refractivity contribution is 6.50. The van der Waals surface area contributed by atoms with Crippen LogP contribution in [0.15, 0.2) is 0 Å². The number of hydrogen-bond donors (Lipinski definition) is 0. The van der Waals surface area contributed by atoms with Crippen molar-refractivity contribution in [3.63, 3.8) is 0 Å². The minimum atomic E-state index is -6.00. The highest BCUT2D eigenvalue weighted by Gasteiger charge is 2.20. The van der Waals surface area contributed by atoms with Gasteiger partial charge in [0.1, 0.15) is 0 Å². The van der Waals surface area contributed by atoms with Crippen LogP contribution >= 0.6 is 0 Å². The van der Waals surface area contributed by atoms with Crippen LogP contribution < -0.4 is 0 Å². The maximum atomic E-state index is 9.75. The number of halogens is 7. The summed E-state index contributed by atoms with van der Waals surface area (Å²) < 4.78 is 39.0. The van der Waals surface area contributed by atoms with Crippen LogP contribution in [0.3, 0.4) is 0 Å². The predicted molar refractivity (Wildman–Crippen MR) is 23.4 cm³/mol. The van der Waals surface area contributed by atoms with Gasteiger partial charge in [0.2, 0.25) is 0 Å². The summed E-state index contributed by atoms with van der Waals surface area (Å²) in [6.07, 6.45) is 0. The van der Waals surface area contributed by atoms with Crippen LogP contribution in [0.5, 0.6) is 0 Å². The predicted octanol–water partition coefficient (Wildman–Crippen LogP) is 1.38. The highest BCUT2D eigenvalue weighted by atomic mass is 19.5. The quantitative estimate of drug-likeness (QED) is 0.368. The van der Waals surface area contributed by atoms with Gasteiger partial charge in [-0.2, -0.15) is 0 Å². The molecule has 0 aromatic rings. The van der Waals surface area contributed by atoms with Gasteiger partial charge in [0.05, 0.1) is 0 Å². The van der Waals surface area contributed by atoms with Crippen molar-refractivity contribution < 1.29 is 31.4 Å². The Morgan fingerprint density at radius 2 is 0.667 bits per heavy atom. The number of rotatable bonds is 0. The second kappa shape index (κ2) is 10.6. The zero-order chi connectivity index (χ0) is 4.50. The van der Waals surface area contributed by atoms with E-state index in [1.807, 2.05) is 0 Å². The van der Waals surface area contributed by atoms with E-state index in [1.54, 1.807) is 0 Å². The maximum absolute atomic E-state index is 9.75. The molecular formula is H3B2F7-. The molecule has 0 heterocycles. The van der Waals surface area contributed by atoms with Gasteiger partial charge in [0.15, 0.2) is 0 Å². The Labute approximate surface area is 48.4 Å². The lowest BCUT2D eigenvalue weighted by atomic mass is 10.3. The van der Waals surface area contributed by atoms with Gasteiger partial charge in [-0.3, -0.25) is 14.1 Å². The number of hydrogen-bond acceptors (Lipinski definition) is 0. The molecule has 0 spiro atoms. The molecule has 0 saturated carbocycles. The Kier molecular flexibility index (Phi) is 44.8. The fraction of sp³-hybridized carbons (Fsp3) is 0. The lowest BCUT2D eigenvalue weighted by Crippen LogP contribution is -2.02. The fourth-order valence-electron chi connectivity index (χ4n) is 0. The van der Waals surface area contributed by atoms with Crippen LogP contribution in [0.1, 0.15) is 0 Å². The van der Waals surface area contributed by atoms with Crippen molar-refractivity contribution in [2.45, 2.75) is 0 Å². The third kappa shape index (κ3) is 1870. The minimum Gasteiger partial charge on any atom is -0.418 e. The molecule has 0 aliphatic heterocycles. The topological polar surface area (TPSA) is 0 Å². The van der Waals surface area contributed by atoms with Gasteiger partial charge in [-0.05, 0) is 0 Å². The molecule has 3 radical (unpaired) electrons. The molecule has 0 nitrogen and oxygen atoms in total. The summed E-state index contributed by atoms with van der Waals surface area (Å²) in [5.41, 5.74) is 0. The van der Waals surface area contributed by atoms with Gasteiger partial charge in [0, 0.05) is 8.41 Å². The third-order valence-electron chi connectivity index (χ3n) is 0. The van der Waals surface area contributed by atoms with Crippen LogP contribution in [0, 0.1) is 0 Å². The van der Waals surface area contributed by atoms with Crippen LogP contribution in [-0.4, -0.2) is 15.7 Å². The molecule has 0 aromatic carbocycles. The van der Waals surface area contributed by atoms with Crippen molar-refractivity contribution in [3.8, 4) is 0 Å². The minimum absolute atomic E-state index is 0. The van der Waals surface area contributed by atoms with E-state index < -0.39 is 7.25 Å². The second-order valence-electron chi connectivity index (χ2n) is 0.495. The van der Waals surface area contributed by atoms with E-state index in [9.17, 15) is 17.3 Å². The molecule has 0 aliphatic carbocycles. The molecular weight excluding hydrogens is 155 g/mol. The first-order chi connectivity index (χ1) is 2.00. The standard InChI is InChI=1S/BF4.B.3FH/c2-1(3,4)5;;;;/h;;3*1H/q-1;;;;.